The average Bonchev–Trinajstić information content (AvgIpc) is 1.63. The van der Waals surface area contributed by atoms with Gasteiger partial charge in [-0.15, -0.1) is 0 Å². The van der Waals surface area contributed by atoms with E-state index in [2.05, 4.69) is 16.8 Å². The zero-order chi connectivity index (χ0) is 7.33. The summed E-state index contributed by atoms with van der Waals surface area (Å²) in [4.78, 5) is 4.57. The number of halogens is 1. The standard InChI is InChI=1S/C5H11.2CH3.ClH.Sn/c1-3-5-4-2;;;;/h1,3-5H2,2H3;2*1H3;1H;/q;;;;+1/p-1. The van der Waals surface area contributed by atoms with Gasteiger partial charge in [0.25, 0.3) is 0 Å². The van der Waals surface area contributed by atoms with E-state index in [4.69, 9.17) is 8.92 Å². The summed E-state index contributed by atoms with van der Waals surface area (Å²) in [5.74, 6) is 0. The van der Waals surface area contributed by atoms with E-state index in [1.807, 2.05) is 0 Å². The molecule has 0 radical (unpaired) electrons. The minimum absolute atomic E-state index is 1.32. The molecule has 0 atom stereocenters. The van der Waals surface area contributed by atoms with Gasteiger partial charge in [-0.1, -0.05) is 0 Å². The first-order valence-corrected chi connectivity index (χ1v) is 15.1. The number of unbranched alkanes of at least 4 members (excludes halogenated alkanes) is 2. The summed E-state index contributed by atoms with van der Waals surface area (Å²) < 4.78 is 1.35. The van der Waals surface area contributed by atoms with Crippen LogP contribution in [0, 0.1) is 0 Å². The minimum atomic E-state index is -1.86. The van der Waals surface area contributed by atoms with Gasteiger partial charge in [-0.05, 0) is 0 Å². The maximum absolute atomic E-state index is 6.18. The van der Waals surface area contributed by atoms with Crippen LogP contribution in [0.2, 0.25) is 14.3 Å². The molecular formula is C7H17ClSn. The Bertz CT molecular complexity index is 65.8. The molecule has 0 unspecified atom stereocenters. The van der Waals surface area contributed by atoms with Crippen LogP contribution in [0.5, 0.6) is 0 Å². The average molecular weight is 255 g/mol. The van der Waals surface area contributed by atoms with Crippen LogP contribution in [0.25, 0.3) is 0 Å². The van der Waals surface area contributed by atoms with Gasteiger partial charge < -0.3 is 0 Å². The summed E-state index contributed by atoms with van der Waals surface area (Å²) in [7, 11) is 6.18. The summed E-state index contributed by atoms with van der Waals surface area (Å²) in [6.45, 7) is 2.23. The zero-order valence-electron chi connectivity index (χ0n) is 6.71. The van der Waals surface area contributed by atoms with Gasteiger partial charge in [0.1, 0.15) is 0 Å². The van der Waals surface area contributed by atoms with Gasteiger partial charge in [0.15, 0.2) is 0 Å². The van der Waals surface area contributed by atoms with Crippen LogP contribution in [0.3, 0.4) is 0 Å². The Morgan fingerprint density at radius 2 is 1.78 bits per heavy atom. The Kier molecular flexibility index (Phi) is 5.42. The van der Waals surface area contributed by atoms with Gasteiger partial charge in [0.2, 0.25) is 0 Å². The van der Waals surface area contributed by atoms with Gasteiger partial charge >= 0.3 is 66.7 Å². The van der Waals surface area contributed by atoms with E-state index in [1.54, 1.807) is 0 Å². The van der Waals surface area contributed by atoms with E-state index in [9.17, 15) is 0 Å². The van der Waals surface area contributed by atoms with E-state index in [-0.39, 0.29) is 0 Å². The Morgan fingerprint density at radius 3 is 2.11 bits per heavy atom. The molecule has 0 aromatic rings. The Labute approximate surface area is 66.6 Å². The first kappa shape index (κ1) is 10.1. The van der Waals surface area contributed by atoms with Crippen LogP contribution in [-0.4, -0.2) is 17.3 Å². The Balaban J connectivity index is 3.07. The van der Waals surface area contributed by atoms with Crippen LogP contribution in [0.15, 0.2) is 0 Å². The van der Waals surface area contributed by atoms with Gasteiger partial charge in [-0.25, -0.2) is 0 Å². The molecule has 0 spiro atoms. The SMILES string of the molecule is CCCC[CH2][Sn]([CH3])([CH3])[Cl]. The van der Waals surface area contributed by atoms with E-state index in [1.165, 1.54) is 23.7 Å². The fourth-order valence-electron chi connectivity index (χ4n) is 0.795. The third-order valence-electron chi connectivity index (χ3n) is 1.37. The molecule has 0 saturated carbocycles. The maximum atomic E-state index is 6.18. The predicted octanol–water partition coefficient (Wildman–Crippen LogP) is 3.62. The van der Waals surface area contributed by atoms with Gasteiger partial charge in [0.05, 0.1) is 0 Å². The molecule has 0 aromatic carbocycles. The van der Waals surface area contributed by atoms with E-state index < -0.39 is 17.3 Å². The van der Waals surface area contributed by atoms with Crippen molar-refractivity contribution in [2.24, 2.45) is 0 Å². The van der Waals surface area contributed by atoms with E-state index in [0.29, 0.717) is 0 Å². The van der Waals surface area contributed by atoms with Gasteiger partial charge in [-0.3, -0.25) is 0 Å². The molecule has 0 N–H and O–H groups in total. The molecule has 0 heterocycles. The molecule has 9 heavy (non-hydrogen) atoms. The second kappa shape index (κ2) is 4.84. The molecule has 0 nitrogen and oxygen atoms in total. The second-order valence-corrected chi connectivity index (χ2v) is 21.3. The van der Waals surface area contributed by atoms with Crippen molar-refractivity contribution in [3.05, 3.63) is 0 Å². The Morgan fingerprint density at radius 1 is 1.22 bits per heavy atom. The van der Waals surface area contributed by atoms with Crippen molar-refractivity contribution < 1.29 is 0 Å². The predicted molar refractivity (Wildman–Crippen MR) is 47.7 cm³/mol. The number of hydrogen-bond donors (Lipinski definition) is 0. The first-order chi connectivity index (χ1) is 4.06. The second-order valence-electron chi connectivity index (χ2n) is 3.18. The van der Waals surface area contributed by atoms with Gasteiger partial charge in [-0.2, -0.15) is 0 Å². The van der Waals surface area contributed by atoms with Gasteiger partial charge in [0, 0.05) is 0 Å². The van der Waals surface area contributed by atoms with Crippen LogP contribution in [-0.2, 0) is 0 Å². The molecule has 0 bridgehead atoms. The zero-order valence-corrected chi connectivity index (χ0v) is 10.3. The quantitative estimate of drug-likeness (QED) is 0.531. The molecule has 56 valence electrons. The van der Waals surface area contributed by atoms with Crippen molar-refractivity contribution in [3.8, 4) is 0 Å². The first-order valence-electron chi connectivity index (χ1n) is 3.75. The van der Waals surface area contributed by atoms with Crippen molar-refractivity contribution in [2.45, 2.75) is 40.5 Å². The summed E-state index contributed by atoms with van der Waals surface area (Å²) in [6, 6.07) is 0. The summed E-state index contributed by atoms with van der Waals surface area (Å²) in [5.41, 5.74) is 0. The van der Waals surface area contributed by atoms with Crippen molar-refractivity contribution >= 4 is 26.2 Å². The molecule has 0 aliphatic rings. The number of rotatable bonds is 4. The third-order valence-corrected chi connectivity index (χ3v) is 7.05. The molecule has 0 amide bonds. The monoisotopic (exact) mass is 256 g/mol. The summed E-state index contributed by atoms with van der Waals surface area (Å²) in [6.07, 6.45) is 4.05. The van der Waals surface area contributed by atoms with Crippen molar-refractivity contribution in [1.82, 2.24) is 0 Å². The fourth-order valence-corrected chi connectivity index (χ4v) is 4.80. The molecule has 2 heteroatoms. The van der Waals surface area contributed by atoms with Crippen molar-refractivity contribution in [1.29, 1.82) is 0 Å². The van der Waals surface area contributed by atoms with E-state index in [0.717, 1.165) is 0 Å². The van der Waals surface area contributed by atoms with Crippen molar-refractivity contribution in [3.63, 3.8) is 0 Å². The van der Waals surface area contributed by atoms with Crippen LogP contribution >= 0.6 is 8.92 Å². The molecule has 0 fully saturated rings. The fraction of sp³-hybridized carbons (Fsp3) is 1.00. The van der Waals surface area contributed by atoms with Crippen LogP contribution in [0.1, 0.15) is 26.2 Å². The Hall–Kier alpha value is 1.09. The number of hydrogen-bond acceptors (Lipinski definition) is 0. The van der Waals surface area contributed by atoms with Crippen molar-refractivity contribution in [2.75, 3.05) is 0 Å². The third kappa shape index (κ3) is 9.09. The topological polar surface area (TPSA) is 0 Å². The molecule has 0 aromatic heterocycles. The van der Waals surface area contributed by atoms with Crippen LogP contribution in [0.4, 0.5) is 0 Å². The summed E-state index contributed by atoms with van der Waals surface area (Å²) >= 11 is -1.86. The summed E-state index contributed by atoms with van der Waals surface area (Å²) in [5, 5.41) is 0. The van der Waals surface area contributed by atoms with Crippen LogP contribution < -0.4 is 0 Å². The van der Waals surface area contributed by atoms with E-state index >= 15 is 0 Å². The molecule has 0 saturated heterocycles. The molecular weight excluding hydrogens is 238 g/mol. The molecule has 0 aliphatic heterocycles. The normalized spacial score (nSPS) is 12.0. The molecule has 0 rings (SSSR count). The molecule has 0 aliphatic carbocycles.